The standard InChI is InChI=1S/C18H28N2O.ClH/c1-14(20-17(21)15-9-11-19-12-10-15)13-18(2,3)16-7-5-4-6-8-16;/h4-8,14-15,19H,9-13H2,1-3H3,(H,20,21);1H. The van der Waals surface area contributed by atoms with E-state index in [1.165, 1.54) is 5.56 Å². The minimum atomic E-state index is 0. The van der Waals surface area contributed by atoms with Crippen molar-refractivity contribution in [2.75, 3.05) is 13.1 Å². The van der Waals surface area contributed by atoms with Crippen molar-refractivity contribution in [3.8, 4) is 0 Å². The van der Waals surface area contributed by atoms with Crippen molar-refractivity contribution in [1.82, 2.24) is 10.6 Å². The van der Waals surface area contributed by atoms with Crippen LogP contribution in [0.25, 0.3) is 0 Å². The van der Waals surface area contributed by atoms with Crippen LogP contribution in [0.5, 0.6) is 0 Å². The molecule has 1 amide bonds. The van der Waals surface area contributed by atoms with Crippen LogP contribution in [0.4, 0.5) is 0 Å². The van der Waals surface area contributed by atoms with Gasteiger partial charge in [0.1, 0.15) is 0 Å². The highest BCUT2D eigenvalue weighted by molar-refractivity contribution is 5.85. The molecule has 0 spiro atoms. The maximum atomic E-state index is 12.3. The molecule has 1 atom stereocenters. The van der Waals surface area contributed by atoms with Crippen molar-refractivity contribution < 1.29 is 4.79 Å². The Morgan fingerprint density at radius 2 is 1.86 bits per heavy atom. The van der Waals surface area contributed by atoms with Gasteiger partial charge >= 0.3 is 0 Å². The molecule has 1 unspecified atom stereocenters. The topological polar surface area (TPSA) is 41.1 Å². The molecule has 0 saturated carbocycles. The van der Waals surface area contributed by atoms with Crippen LogP contribution in [-0.2, 0) is 10.2 Å². The fourth-order valence-electron chi connectivity index (χ4n) is 3.27. The molecule has 2 rings (SSSR count). The average Bonchev–Trinajstić information content (AvgIpc) is 2.48. The fraction of sp³-hybridized carbons (Fsp3) is 0.611. The van der Waals surface area contributed by atoms with Crippen molar-refractivity contribution in [2.24, 2.45) is 5.92 Å². The number of hydrogen-bond acceptors (Lipinski definition) is 2. The van der Waals surface area contributed by atoms with Gasteiger partial charge in [0.25, 0.3) is 0 Å². The van der Waals surface area contributed by atoms with E-state index in [0.717, 1.165) is 32.4 Å². The minimum Gasteiger partial charge on any atom is -0.353 e. The van der Waals surface area contributed by atoms with Crippen LogP contribution in [0.15, 0.2) is 30.3 Å². The zero-order valence-electron chi connectivity index (χ0n) is 13.9. The Balaban J connectivity index is 0.00000242. The molecule has 0 bridgehead atoms. The van der Waals surface area contributed by atoms with Gasteiger partial charge in [-0.2, -0.15) is 0 Å². The van der Waals surface area contributed by atoms with E-state index in [1.807, 2.05) is 6.07 Å². The van der Waals surface area contributed by atoms with Gasteiger partial charge in [-0.1, -0.05) is 44.2 Å². The van der Waals surface area contributed by atoms with Gasteiger partial charge in [-0.05, 0) is 50.3 Å². The van der Waals surface area contributed by atoms with Crippen LogP contribution in [0.1, 0.15) is 45.6 Å². The highest BCUT2D eigenvalue weighted by Crippen LogP contribution is 2.28. The number of benzene rings is 1. The Morgan fingerprint density at radius 1 is 1.27 bits per heavy atom. The quantitative estimate of drug-likeness (QED) is 0.872. The Kier molecular flexibility index (Phi) is 7.37. The summed E-state index contributed by atoms with van der Waals surface area (Å²) in [5, 5.41) is 6.51. The van der Waals surface area contributed by atoms with Gasteiger partial charge in [-0.3, -0.25) is 4.79 Å². The Labute approximate surface area is 140 Å². The maximum Gasteiger partial charge on any atom is 0.223 e. The highest BCUT2D eigenvalue weighted by Gasteiger charge is 2.26. The van der Waals surface area contributed by atoms with E-state index in [0.29, 0.717) is 0 Å². The smallest absolute Gasteiger partial charge is 0.223 e. The van der Waals surface area contributed by atoms with E-state index >= 15 is 0 Å². The lowest BCUT2D eigenvalue weighted by Gasteiger charge is -2.30. The summed E-state index contributed by atoms with van der Waals surface area (Å²) in [6, 6.07) is 10.7. The van der Waals surface area contributed by atoms with Crippen LogP contribution < -0.4 is 10.6 Å². The zero-order valence-corrected chi connectivity index (χ0v) is 14.7. The van der Waals surface area contributed by atoms with E-state index in [9.17, 15) is 4.79 Å². The summed E-state index contributed by atoms with van der Waals surface area (Å²) < 4.78 is 0. The highest BCUT2D eigenvalue weighted by atomic mass is 35.5. The summed E-state index contributed by atoms with van der Waals surface area (Å²) in [4.78, 5) is 12.3. The van der Waals surface area contributed by atoms with E-state index in [2.05, 4.69) is 55.7 Å². The number of hydrogen-bond donors (Lipinski definition) is 2. The average molecular weight is 325 g/mol. The first-order valence-corrected chi connectivity index (χ1v) is 8.05. The first-order valence-electron chi connectivity index (χ1n) is 8.05. The molecule has 1 saturated heterocycles. The summed E-state index contributed by atoms with van der Waals surface area (Å²) in [5.41, 5.74) is 1.40. The van der Waals surface area contributed by atoms with Crippen LogP contribution in [0.3, 0.4) is 0 Å². The van der Waals surface area contributed by atoms with Crippen molar-refractivity contribution in [1.29, 1.82) is 0 Å². The Morgan fingerprint density at radius 3 is 2.45 bits per heavy atom. The molecular formula is C18H29ClN2O. The van der Waals surface area contributed by atoms with Crippen LogP contribution in [0.2, 0.25) is 0 Å². The number of piperidine rings is 1. The predicted molar refractivity (Wildman–Crippen MR) is 94.5 cm³/mol. The van der Waals surface area contributed by atoms with Crippen molar-refractivity contribution in [2.45, 2.75) is 51.5 Å². The monoisotopic (exact) mass is 324 g/mol. The molecule has 1 aliphatic rings. The number of carbonyl (C=O) groups excluding carboxylic acids is 1. The molecule has 1 fully saturated rings. The van der Waals surface area contributed by atoms with Gasteiger partial charge in [0, 0.05) is 12.0 Å². The van der Waals surface area contributed by atoms with E-state index < -0.39 is 0 Å². The van der Waals surface area contributed by atoms with Crippen LogP contribution in [-0.4, -0.2) is 25.0 Å². The fourth-order valence-corrected chi connectivity index (χ4v) is 3.27. The molecule has 1 heterocycles. The molecule has 1 aliphatic heterocycles. The summed E-state index contributed by atoms with van der Waals surface area (Å²) in [6.07, 6.45) is 2.87. The summed E-state index contributed by atoms with van der Waals surface area (Å²) in [5.74, 6) is 0.418. The Bertz CT molecular complexity index is 455. The molecule has 0 radical (unpaired) electrons. The molecule has 124 valence electrons. The normalized spacial score (nSPS) is 17.4. The third-order valence-electron chi connectivity index (χ3n) is 4.47. The van der Waals surface area contributed by atoms with Gasteiger partial charge in [0.15, 0.2) is 0 Å². The van der Waals surface area contributed by atoms with Crippen molar-refractivity contribution in [3.05, 3.63) is 35.9 Å². The molecule has 0 aromatic heterocycles. The molecule has 1 aromatic rings. The molecule has 22 heavy (non-hydrogen) atoms. The lowest BCUT2D eigenvalue weighted by atomic mass is 9.79. The van der Waals surface area contributed by atoms with Crippen molar-refractivity contribution >= 4 is 18.3 Å². The van der Waals surface area contributed by atoms with E-state index in [4.69, 9.17) is 0 Å². The summed E-state index contributed by atoms with van der Waals surface area (Å²) in [7, 11) is 0. The predicted octanol–water partition coefficient (Wildman–Crippen LogP) is 3.28. The van der Waals surface area contributed by atoms with Gasteiger partial charge in [0.2, 0.25) is 5.91 Å². The van der Waals surface area contributed by atoms with Crippen molar-refractivity contribution in [3.63, 3.8) is 0 Å². The molecule has 4 heteroatoms. The lowest BCUT2D eigenvalue weighted by Crippen LogP contribution is -2.43. The molecule has 3 nitrogen and oxygen atoms in total. The number of nitrogens with one attached hydrogen (secondary N) is 2. The molecule has 1 aromatic carbocycles. The third kappa shape index (κ3) is 5.29. The van der Waals surface area contributed by atoms with Gasteiger partial charge in [-0.25, -0.2) is 0 Å². The van der Waals surface area contributed by atoms with Gasteiger partial charge < -0.3 is 10.6 Å². The SMILES string of the molecule is CC(CC(C)(C)c1ccccc1)NC(=O)C1CCNCC1.Cl. The lowest BCUT2D eigenvalue weighted by molar-refractivity contribution is -0.126. The molecule has 2 N–H and O–H groups in total. The largest absolute Gasteiger partial charge is 0.353 e. The summed E-state index contributed by atoms with van der Waals surface area (Å²) in [6.45, 7) is 8.53. The molecule has 0 aliphatic carbocycles. The second kappa shape index (κ2) is 8.54. The van der Waals surface area contributed by atoms with E-state index in [-0.39, 0.29) is 35.7 Å². The minimum absolute atomic E-state index is 0. The maximum absolute atomic E-state index is 12.3. The Hall–Kier alpha value is -1.06. The number of halogens is 1. The van der Waals surface area contributed by atoms with E-state index in [1.54, 1.807) is 0 Å². The zero-order chi connectivity index (χ0) is 15.3. The number of amides is 1. The van der Waals surface area contributed by atoms with Crippen LogP contribution >= 0.6 is 12.4 Å². The van der Waals surface area contributed by atoms with Crippen LogP contribution in [0, 0.1) is 5.92 Å². The summed E-state index contributed by atoms with van der Waals surface area (Å²) >= 11 is 0. The molecular weight excluding hydrogens is 296 g/mol. The first-order chi connectivity index (χ1) is 9.99. The number of carbonyl (C=O) groups is 1. The number of rotatable bonds is 5. The first kappa shape index (κ1) is 19.0. The second-order valence-electron chi connectivity index (χ2n) is 6.89. The van der Waals surface area contributed by atoms with Gasteiger partial charge in [-0.15, -0.1) is 12.4 Å². The third-order valence-corrected chi connectivity index (χ3v) is 4.47. The van der Waals surface area contributed by atoms with Gasteiger partial charge in [0.05, 0.1) is 0 Å². The second-order valence-corrected chi connectivity index (χ2v) is 6.89.